The summed E-state index contributed by atoms with van der Waals surface area (Å²) in [5.41, 5.74) is 6.03. The summed E-state index contributed by atoms with van der Waals surface area (Å²) in [5, 5.41) is 8.23. The maximum atomic E-state index is 12.2. The van der Waals surface area contributed by atoms with Crippen molar-refractivity contribution in [3.63, 3.8) is 0 Å². The maximum absolute atomic E-state index is 12.2. The third-order valence-electron chi connectivity index (χ3n) is 3.15. The van der Waals surface area contributed by atoms with Crippen LogP contribution in [0.3, 0.4) is 0 Å². The molecule has 3 aromatic rings. The minimum Gasteiger partial charge on any atom is -0.497 e. The Bertz CT molecular complexity index is 916. The number of H-pyrrole nitrogens is 1. The third kappa shape index (κ3) is 3.04. The van der Waals surface area contributed by atoms with Crippen LogP contribution >= 0.6 is 11.8 Å². The number of fused-ring (bicyclic) bond motifs is 1. The molecular weight excluding hydrogens is 318 g/mol. The number of carbonyl (C=O) groups is 1. The highest BCUT2D eigenvalue weighted by Gasteiger charge is 2.13. The van der Waals surface area contributed by atoms with E-state index in [9.17, 15) is 9.59 Å². The fourth-order valence-corrected chi connectivity index (χ4v) is 2.86. The van der Waals surface area contributed by atoms with Crippen LogP contribution in [0.15, 0.2) is 40.3 Å². The first kappa shape index (κ1) is 15.1. The Morgan fingerprint density at radius 1 is 1.35 bits per heavy atom. The van der Waals surface area contributed by atoms with E-state index < -0.39 is 0 Å². The van der Waals surface area contributed by atoms with E-state index in [1.165, 1.54) is 22.2 Å². The standard InChI is InChI=1S/C14H13N5O3S/c1-22-9-4-2-8(3-5-9)10(20)7-23-14-18-17-13-16-12(21)6-11(15)19(13)14/h2-6H,7,15H2,1H3,(H,16,17,21). The summed E-state index contributed by atoms with van der Waals surface area (Å²) < 4.78 is 6.55. The summed E-state index contributed by atoms with van der Waals surface area (Å²) in [7, 11) is 1.57. The Balaban J connectivity index is 1.77. The molecule has 118 valence electrons. The summed E-state index contributed by atoms with van der Waals surface area (Å²) in [5.74, 6) is 1.26. The molecule has 0 bridgehead atoms. The van der Waals surface area contributed by atoms with E-state index >= 15 is 0 Å². The van der Waals surface area contributed by atoms with Gasteiger partial charge in [0.2, 0.25) is 5.78 Å². The van der Waals surface area contributed by atoms with Crippen molar-refractivity contribution < 1.29 is 9.53 Å². The van der Waals surface area contributed by atoms with Crippen molar-refractivity contribution in [2.45, 2.75) is 5.16 Å². The molecule has 0 radical (unpaired) electrons. The molecule has 0 spiro atoms. The maximum Gasteiger partial charge on any atom is 0.254 e. The van der Waals surface area contributed by atoms with Gasteiger partial charge in [-0.15, -0.1) is 10.2 Å². The lowest BCUT2D eigenvalue weighted by molar-refractivity contribution is 0.102. The lowest BCUT2D eigenvalue weighted by Gasteiger charge is -2.04. The van der Waals surface area contributed by atoms with E-state index in [0.717, 1.165) is 0 Å². The van der Waals surface area contributed by atoms with E-state index in [2.05, 4.69) is 15.2 Å². The van der Waals surface area contributed by atoms with Crippen LogP contribution in [-0.4, -0.2) is 38.2 Å². The second-order valence-electron chi connectivity index (χ2n) is 4.64. The number of carbonyl (C=O) groups excluding carboxylic acids is 1. The van der Waals surface area contributed by atoms with Gasteiger partial charge >= 0.3 is 0 Å². The number of benzene rings is 1. The van der Waals surface area contributed by atoms with Gasteiger partial charge in [-0.3, -0.25) is 14.6 Å². The van der Waals surface area contributed by atoms with E-state index in [-0.39, 0.29) is 28.7 Å². The van der Waals surface area contributed by atoms with Crippen molar-refractivity contribution in [2.24, 2.45) is 0 Å². The monoisotopic (exact) mass is 331 g/mol. The first-order chi connectivity index (χ1) is 11.1. The summed E-state index contributed by atoms with van der Waals surface area (Å²) in [4.78, 5) is 26.1. The van der Waals surface area contributed by atoms with Gasteiger partial charge in [0.25, 0.3) is 5.56 Å². The summed E-state index contributed by atoms with van der Waals surface area (Å²) >= 11 is 1.20. The van der Waals surface area contributed by atoms with E-state index in [4.69, 9.17) is 10.5 Å². The molecular formula is C14H13N5O3S. The average molecular weight is 331 g/mol. The van der Waals surface area contributed by atoms with Gasteiger partial charge in [0, 0.05) is 11.6 Å². The normalized spacial score (nSPS) is 10.8. The first-order valence-electron chi connectivity index (χ1n) is 6.62. The SMILES string of the molecule is COc1ccc(C(=O)CSc2nnc3[nH]c(=O)cc(N)n23)cc1. The lowest BCUT2D eigenvalue weighted by atomic mass is 10.1. The minimum absolute atomic E-state index is 0.0580. The number of aromatic amines is 1. The zero-order valence-electron chi connectivity index (χ0n) is 12.1. The summed E-state index contributed by atoms with van der Waals surface area (Å²) in [6.45, 7) is 0. The number of hydrogen-bond donors (Lipinski definition) is 2. The molecule has 9 heteroatoms. The number of nitrogens with two attached hydrogens (primary N) is 1. The number of nitrogens with one attached hydrogen (secondary N) is 1. The van der Waals surface area contributed by atoms with Gasteiger partial charge in [-0.05, 0) is 24.3 Å². The molecule has 8 nitrogen and oxygen atoms in total. The molecule has 0 amide bonds. The summed E-state index contributed by atoms with van der Waals surface area (Å²) in [6, 6.07) is 8.11. The highest BCUT2D eigenvalue weighted by molar-refractivity contribution is 7.99. The van der Waals surface area contributed by atoms with Crippen molar-refractivity contribution in [2.75, 3.05) is 18.6 Å². The number of hydrogen-bond acceptors (Lipinski definition) is 7. The Morgan fingerprint density at radius 3 is 2.78 bits per heavy atom. The molecule has 3 N–H and O–H groups in total. The van der Waals surface area contributed by atoms with Crippen molar-refractivity contribution in [1.29, 1.82) is 0 Å². The molecule has 0 saturated heterocycles. The third-order valence-corrected chi connectivity index (χ3v) is 4.08. The van der Waals surface area contributed by atoms with Gasteiger partial charge in [0.1, 0.15) is 11.6 Å². The summed E-state index contributed by atoms with van der Waals surface area (Å²) in [6.07, 6.45) is 0. The van der Waals surface area contributed by atoms with E-state index in [1.807, 2.05) is 0 Å². The van der Waals surface area contributed by atoms with Gasteiger partial charge < -0.3 is 10.5 Å². The first-order valence-corrected chi connectivity index (χ1v) is 7.61. The number of ketones is 1. The van der Waals surface area contributed by atoms with Gasteiger partial charge in [-0.25, -0.2) is 4.40 Å². The average Bonchev–Trinajstić information content (AvgIpc) is 2.95. The predicted octanol–water partition coefficient (Wildman–Crippen LogP) is 0.983. The molecule has 2 aromatic heterocycles. The highest BCUT2D eigenvalue weighted by atomic mass is 32.2. The molecule has 2 heterocycles. The van der Waals surface area contributed by atoms with Gasteiger partial charge in [-0.1, -0.05) is 11.8 Å². The van der Waals surface area contributed by atoms with Crippen molar-refractivity contribution in [3.8, 4) is 5.75 Å². The molecule has 0 atom stereocenters. The number of Topliss-reactive ketones (excluding diaryl/α,β-unsaturated/α-hetero) is 1. The molecule has 0 fully saturated rings. The number of methoxy groups -OCH3 is 1. The number of anilines is 1. The number of thioether (sulfide) groups is 1. The van der Waals surface area contributed by atoms with Crippen LogP contribution in [0.1, 0.15) is 10.4 Å². The van der Waals surface area contributed by atoms with Crippen LogP contribution in [0.4, 0.5) is 5.82 Å². The van der Waals surface area contributed by atoms with Gasteiger partial charge in [0.05, 0.1) is 12.9 Å². The van der Waals surface area contributed by atoms with Gasteiger partial charge in [-0.2, -0.15) is 0 Å². The molecule has 0 aliphatic heterocycles. The topological polar surface area (TPSA) is 115 Å². The van der Waals surface area contributed by atoms with Crippen molar-refractivity contribution in [3.05, 3.63) is 46.2 Å². The van der Waals surface area contributed by atoms with Crippen LogP contribution in [0.5, 0.6) is 5.75 Å². The Hall–Kier alpha value is -2.81. The fraction of sp³-hybridized carbons (Fsp3) is 0.143. The van der Waals surface area contributed by atoms with Crippen LogP contribution < -0.4 is 16.0 Å². The van der Waals surface area contributed by atoms with Crippen molar-refractivity contribution in [1.82, 2.24) is 19.6 Å². The number of aromatic nitrogens is 4. The largest absolute Gasteiger partial charge is 0.497 e. The van der Waals surface area contributed by atoms with Gasteiger partial charge in [0.15, 0.2) is 10.9 Å². The molecule has 0 unspecified atom stereocenters. The second kappa shape index (κ2) is 6.13. The molecule has 0 aliphatic carbocycles. The Kier molecular flexibility index (Phi) is 4.02. The lowest BCUT2D eigenvalue weighted by Crippen LogP contribution is -2.11. The van der Waals surface area contributed by atoms with Crippen LogP contribution in [0.2, 0.25) is 0 Å². The number of nitrogens with zero attached hydrogens (tertiary/aromatic N) is 3. The van der Waals surface area contributed by atoms with E-state index in [1.54, 1.807) is 31.4 Å². The Labute approximate surface area is 134 Å². The van der Waals surface area contributed by atoms with Crippen LogP contribution in [-0.2, 0) is 0 Å². The molecule has 1 aromatic carbocycles. The smallest absolute Gasteiger partial charge is 0.254 e. The zero-order valence-corrected chi connectivity index (χ0v) is 13.0. The zero-order chi connectivity index (χ0) is 16.4. The molecule has 0 saturated carbocycles. The molecule has 3 rings (SSSR count). The number of ether oxygens (including phenoxy) is 1. The number of rotatable bonds is 5. The highest BCUT2D eigenvalue weighted by Crippen LogP contribution is 2.20. The quantitative estimate of drug-likeness (QED) is 0.529. The fourth-order valence-electron chi connectivity index (χ4n) is 2.01. The van der Waals surface area contributed by atoms with Crippen molar-refractivity contribution >= 4 is 29.1 Å². The molecule has 23 heavy (non-hydrogen) atoms. The number of nitrogen functional groups attached to an aromatic ring is 1. The van der Waals surface area contributed by atoms with Crippen LogP contribution in [0.25, 0.3) is 5.78 Å². The molecule has 0 aliphatic rings. The Morgan fingerprint density at radius 2 is 2.09 bits per heavy atom. The predicted molar refractivity (Wildman–Crippen MR) is 86.1 cm³/mol. The van der Waals surface area contributed by atoms with Crippen LogP contribution in [0, 0.1) is 0 Å². The van der Waals surface area contributed by atoms with E-state index in [0.29, 0.717) is 16.5 Å². The second-order valence-corrected chi connectivity index (χ2v) is 5.58. The minimum atomic E-state index is -0.353.